The molecule has 0 aliphatic carbocycles. The summed E-state index contributed by atoms with van der Waals surface area (Å²) in [6.45, 7) is 6.28. The van der Waals surface area contributed by atoms with Crippen molar-refractivity contribution in [2.24, 2.45) is 0 Å². The SMILES string of the molecule is C=CCCOC(=O)Nc1ccc2scc(C3=CCN4CCCC4C3)c2c1. The average molecular weight is 369 g/mol. The minimum atomic E-state index is -0.415. The molecule has 1 aromatic carbocycles. The highest BCUT2D eigenvalue weighted by molar-refractivity contribution is 7.17. The van der Waals surface area contributed by atoms with Gasteiger partial charge >= 0.3 is 6.09 Å². The summed E-state index contributed by atoms with van der Waals surface area (Å²) >= 11 is 1.77. The van der Waals surface area contributed by atoms with Gasteiger partial charge in [-0.1, -0.05) is 12.2 Å². The van der Waals surface area contributed by atoms with E-state index < -0.39 is 6.09 Å². The van der Waals surface area contributed by atoms with E-state index in [9.17, 15) is 4.79 Å². The molecule has 3 heterocycles. The van der Waals surface area contributed by atoms with Gasteiger partial charge in [0.2, 0.25) is 0 Å². The van der Waals surface area contributed by atoms with Crippen molar-refractivity contribution in [2.75, 3.05) is 25.0 Å². The van der Waals surface area contributed by atoms with Crippen molar-refractivity contribution in [1.29, 1.82) is 0 Å². The van der Waals surface area contributed by atoms with Crippen LogP contribution in [0.1, 0.15) is 31.2 Å². The number of fused-ring (bicyclic) bond motifs is 2. The van der Waals surface area contributed by atoms with Crippen LogP contribution in [-0.2, 0) is 4.74 Å². The number of nitrogens with zero attached hydrogens (tertiary/aromatic N) is 1. The first kappa shape index (κ1) is 17.3. The van der Waals surface area contributed by atoms with Crippen molar-refractivity contribution >= 4 is 38.8 Å². The molecule has 2 aliphatic heterocycles. The minimum absolute atomic E-state index is 0.353. The van der Waals surface area contributed by atoms with E-state index in [-0.39, 0.29) is 0 Å². The van der Waals surface area contributed by atoms with Crippen LogP contribution in [0.15, 0.2) is 42.3 Å². The standard InChI is InChI=1S/C21H24N2O2S/c1-2-3-11-25-21(24)22-16-6-7-20-18(13-16)19(14-26-20)15-8-10-23-9-4-5-17(23)12-15/h2,6-8,13-14,17H,1,3-5,9-12H2,(H,22,24). The fraction of sp³-hybridized carbons (Fsp3) is 0.381. The highest BCUT2D eigenvalue weighted by Gasteiger charge is 2.28. The predicted molar refractivity (Wildman–Crippen MR) is 109 cm³/mol. The number of hydrogen-bond acceptors (Lipinski definition) is 4. The Morgan fingerprint density at radius 2 is 2.38 bits per heavy atom. The molecule has 2 aromatic rings. The second-order valence-electron chi connectivity index (χ2n) is 6.92. The van der Waals surface area contributed by atoms with Crippen LogP contribution in [0.2, 0.25) is 0 Å². The van der Waals surface area contributed by atoms with Crippen molar-refractivity contribution in [1.82, 2.24) is 4.90 Å². The summed E-state index contributed by atoms with van der Waals surface area (Å²) in [4.78, 5) is 14.5. The van der Waals surface area contributed by atoms with Gasteiger partial charge in [0.15, 0.2) is 0 Å². The molecule has 1 aromatic heterocycles. The van der Waals surface area contributed by atoms with Crippen molar-refractivity contribution in [3.05, 3.63) is 47.9 Å². The maximum absolute atomic E-state index is 11.9. The van der Waals surface area contributed by atoms with Gasteiger partial charge < -0.3 is 4.74 Å². The van der Waals surface area contributed by atoms with Gasteiger partial charge in [-0.2, -0.15) is 0 Å². The lowest BCUT2D eigenvalue weighted by Crippen LogP contribution is -2.32. The van der Waals surface area contributed by atoms with Crippen LogP contribution in [0.5, 0.6) is 0 Å². The van der Waals surface area contributed by atoms with Crippen LogP contribution in [-0.4, -0.2) is 36.7 Å². The smallest absolute Gasteiger partial charge is 0.411 e. The Balaban J connectivity index is 1.53. The molecule has 5 heteroatoms. The largest absolute Gasteiger partial charge is 0.449 e. The number of benzene rings is 1. The number of rotatable bonds is 5. The summed E-state index contributed by atoms with van der Waals surface area (Å²) in [7, 11) is 0. The van der Waals surface area contributed by atoms with E-state index >= 15 is 0 Å². The fourth-order valence-electron chi connectivity index (χ4n) is 3.90. The van der Waals surface area contributed by atoms with Crippen LogP contribution in [0.3, 0.4) is 0 Å². The first-order valence-corrected chi connectivity index (χ1v) is 10.1. The number of carbonyl (C=O) groups is 1. The summed E-state index contributed by atoms with van der Waals surface area (Å²) in [5.41, 5.74) is 3.55. The monoisotopic (exact) mass is 368 g/mol. The molecule has 136 valence electrons. The van der Waals surface area contributed by atoms with Crippen LogP contribution in [0.4, 0.5) is 10.5 Å². The molecule has 1 amide bonds. The molecule has 26 heavy (non-hydrogen) atoms. The van der Waals surface area contributed by atoms with Crippen molar-refractivity contribution in [3.8, 4) is 0 Å². The predicted octanol–water partition coefficient (Wildman–Crippen LogP) is 5.28. The maximum Gasteiger partial charge on any atom is 0.411 e. The minimum Gasteiger partial charge on any atom is -0.449 e. The molecule has 0 bridgehead atoms. The Morgan fingerprint density at radius 1 is 1.46 bits per heavy atom. The molecule has 1 saturated heterocycles. The van der Waals surface area contributed by atoms with Crippen LogP contribution < -0.4 is 5.32 Å². The second-order valence-corrected chi connectivity index (χ2v) is 7.83. The molecule has 4 nitrogen and oxygen atoms in total. The Kier molecular flexibility index (Phi) is 5.09. The molecule has 1 N–H and O–H groups in total. The molecule has 0 saturated carbocycles. The first-order chi connectivity index (χ1) is 12.7. The van der Waals surface area contributed by atoms with E-state index in [1.807, 2.05) is 6.07 Å². The van der Waals surface area contributed by atoms with Gasteiger partial charge in [0, 0.05) is 28.4 Å². The molecule has 1 fully saturated rings. The summed E-state index contributed by atoms with van der Waals surface area (Å²) < 4.78 is 6.39. The number of ether oxygens (including phenoxy) is 1. The van der Waals surface area contributed by atoms with Crippen molar-refractivity contribution < 1.29 is 9.53 Å². The Hall–Kier alpha value is -2.11. The van der Waals surface area contributed by atoms with Crippen LogP contribution in [0, 0.1) is 0 Å². The highest BCUT2D eigenvalue weighted by atomic mass is 32.1. The van der Waals surface area contributed by atoms with Crippen LogP contribution in [0.25, 0.3) is 15.7 Å². The summed E-state index contributed by atoms with van der Waals surface area (Å²) in [6.07, 6.45) is 8.12. The Bertz CT molecular complexity index is 855. The van der Waals surface area contributed by atoms with E-state index in [4.69, 9.17) is 4.74 Å². The summed E-state index contributed by atoms with van der Waals surface area (Å²) in [5.74, 6) is 0. The fourth-order valence-corrected chi connectivity index (χ4v) is 4.86. The molecule has 0 radical (unpaired) electrons. The molecule has 1 unspecified atom stereocenters. The number of anilines is 1. The number of amides is 1. The quantitative estimate of drug-likeness (QED) is 0.577. The van der Waals surface area contributed by atoms with Gasteiger partial charge in [0.1, 0.15) is 0 Å². The number of thiophene rings is 1. The molecular weight excluding hydrogens is 344 g/mol. The first-order valence-electron chi connectivity index (χ1n) is 9.24. The average Bonchev–Trinajstić information content (AvgIpc) is 3.27. The third-order valence-electron chi connectivity index (χ3n) is 5.25. The van der Waals surface area contributed by atoms with Gasteiger partial charge in [0.05, 0.1) is 6.61 Å². The zero-order chi connectivity index (χ0) is 17.9. The normalized spacial score (nSPS) is 19.8. The maximum atomic E-state index is 11.9. The van der Waals surface area contributed by atoms with E-state index in [1.54, 1.807) is 17.4 Å². The molecule has 4 rings (SSSR count). The molecule has 1 atom stereocenters. The van der Waals surface area contributed by atoms with Gasteiger partial charge in [-0.3, -0.25) is 10.2 Å². The van der Waals surface area contributed by atoms with Crippen molar-refractivity contribution in [2.45, 2.75) is 31.7 Å². The summed E-state index contributed by atoms with van der Waals surface area (Å²) in [5, 5.41) is 6.31. The van der Waals surface area contributed by atoms with Gasteiger partial charge in [-0.15, -0.1) is 17.9 Å². The van der Waals surface area contributed by atoms with E-state index in [0.717, 1.165) is 18.7 Å². The lowest BCUT2D eigenvalue weighted by atomic mass is 9.94. The van der Waals surface area contributed by atoms with E-state index in [0.29, 0.717) is 19.1 Å². The number of carbonyl (C=O) groups excluding carboxylic acids is 1. The number of hydrogen-bond donors (Lipinski definition) is 1. The lowest BCUT2D eigenvalue weighted by molar-refractivity contribution is 0.164. The zero-order valence-electron chi connectivity index (χ0n) is 14.9. The Labute approximate surface area is 158 Å². The molecule has 2 aliphatic rings. The third-order valence-corrected chi connectivity index (χ3v) is 6.21. The second kappa shape index (κ2) is 7.64. The van der Waals surface area contributed by atoms with Crippen molar-refractivity contribution in [3.63, 3.8) is 0 Å². The lowest BCUT2D eigenvalue weighted by Gasteiger charge is -2.29. The molecule has 0 spiro atoms. The topological polar surface area (TPSA) is 41.6 Å². The highest BCUT2D eigenvalue weighted by Crippen LogP contribution is 2.38. The molecular formula is C21H24N2O2S. The summed E-state index contributed by atoms with van der Waals surface area (Å²) in [6, 6.07) is 6.78. The van der Waals surface area contributed by atoms with E-state index in [1.165, 1.54) is 40.6 Å². The van der Waals surface area contributed by atoms with E-state index in [2.05, 4.69) is 40.4 Å². The van der Waals surface area contributed by atoms with Gasteiger partial charge in [0.25, 0.3) is 0 Å². The Morgan fingerprint density at radius 3 is 3.27 bits per heavy atom. The third kappa shape index (κ3) is 3.55. The number of nitrogens with one attached hydrogen (secondary N) is 1. The van der Waals surface area contributed by atoms with Gasteiger partial charge in [-0.05, 0) is 66.9 Å². The van der Waals surface area contributed by atoms with Crippen LogP contribution >= 0.6 is 11.3 Å². The van der Waals surface area contributed by atoms with Gasteiger partial charge in [-0.25, -0.2) is 4.79 Å². The zero-order valence-corrected chi connectivity index (χ0v) is 15.7.